The average molecular weight is 241 g/mol. The van der Waals surface area contributed by atoms with Crippen molar-refractivity contribution in [3.05, 3.63) is 27.7 Å². The molecule has 0 radical (unpaired) electrons. The molecule has 0 amide bonds. The van der Waals surface area contributed by atoms with Gasteiger partial charge in [-0.05, 0) is 23.6 Å². The fraction of sp³-hybridized carbons (Fsp3) is 0.300. The topological polar surface area (TPSA) is 37.3 Å². The molecule has 0 fully saturated rings. The summed E-state index contributed by atoms with van der Waals surface area (Å²) < 4.78 is 0.915. The van der Waals surface area contributed by atoms with Gasteiger partial charge in [-0.2, -0.15) is 0 Å². The third-order valence-electron chi connectivity index (χ3n) is 2.43. The number of benzene rings is 1. The molecule has 0 unspecified atom stereocenters. The molecule has 0 heterocycles. The molecular formula is C10H9BrO2. The molecular weight excluding hydrogens is 232 g/mol. The number of phenolic OH excluding ortho intramolecular Hbond substituents is 1. The third kappa shape index (κ3) is 1.18. The van der Waals surface area contributed by atoms with E-state index in [4.69, 9.17) is 0 Å². The first kappa shape index (κ1) is 8.75. The third-order valence-corrected chi connectivity index (χ3v) is 3.13. The first-order valence-corrected chi connectivity index (χ1v) is 4.95. The van der Waals surface area contributed by atoms with Crippen molar-refractivity contribution in [3.8, 4) is 5.75 Å². The van der Waals surface area contributed by atoms with Crippen LogP contribution in [0, 0.1) is 0 Å². The van der Waals surface area contributed by atoms with E-state index in [1.54, 1.807) is 12.1 Å². The zero-order chi connectivity index (χ0) is 9.59. The normalized spacial score (nSPS) is 20.5. The monoisotopic (exact) mass is 240 g/mol. The number of fused-ring (bicyclic) bond motifs is 1. The maximum atomic E-state index is 11.5. The maximum Gasteiger partial charge on any atom is 0.167 e. The standard InChI is InChI=1S/C10H9BrO2/c1-5-4-8(13)10-7(12)3-2-6(11)9(5)10/h2-3,5,12H,4H2,1H3/t5-/m1/s1. The van der Waals surface area contributed by atoms with Gasteiger partial charge in [-0.25, -0.2) is 0 Å². The average Bonchev–Trinajstić information content (AvgIpc) is 2.36. The van der Waals surface area contributed by atoms with Crippen LogP contribution >= 0.6 is 15.9 Å². The van der Waals surface area contributed by atoms with Crippen molar-refractivity contribution in [2.75, 3.05) is 0 Å². The van der Waals surface area contributed by atoms with Crippen molar-refractivity contribution in [1.82, 2.24) is 0 Å². The van der Waals surface area contributed by atoms with Crippen LogP contribution in [0.4, 0.5) is 0 Å². The fourth-order valence-electron chi connectivity index (χ4n) is 1.84. The van der Waals surface area contributed by atoms with E-state index in [9.17, 15) is 9.90 Å². The van der Waals surface area contributed by atoms with Gasteiger partial charge in [0.05, 0.1) is 5.56 Å². The second-order valence-electron chi connectivity index (χ2n) is 3.38. The van der Waals surface area contributed by atoms with E-state index in [0.717, 1.165) is 10.0 Å². The summed E-state index contributed by atoms with van der Waals surface area (Å²) in [6, 6.07) is 3.34. The Kier molecular flexibility index (Phi) is 1.91. The molecule has 1 atom stereocenters. The minimum absolute atomic E-state index is 0.0429. The van der Waals surface area contributed by atoms with Crippen LogP contribution in [-0.2, 0) is 0 Å². The van der Waals surface area contributed by atoms with Crippen LogP contribution in [0.1, 0.15) is 35.2 Å². The lowest BCUT2D eigenvalue weighted by Crippen LogP contribution is -1.91. The molecule has 2 nitrogen and oxygen atoms in total. The Labute approximate surface area is 84.7 Å². The van der Waals surface area contributed by atoms with Crippen molar-refractivity contribution in [1.29, 1.82) is 0 Å². The Hall–Kier alpha value is -0.830. The summed E-state index contributed by atoms with van der Waals surface area (Å²) in [5, 5.41) is 9.50. The van der Waals surface area contributed by atoms with E-state index < -0.39 is 0 Å². The van der Waals surface area contributed by atoms with E-state index in [1.807, 2.05) is 6.92 Å². The molecule has 1 aromatic rings. The molecule has 13 heavy (non-hydrogen) atoms. The van der Waals surface area contributed by atoms with Crippen molar-refractivity contribution in [3.63, 3.8) is 0 Å². The SMILES string of the molecule is C[C@@H]1CC(=O)c2c(O)ccc(Br)c21. The van der Waals surface area contributed by atoms with Crippen LogP contribution < -0.4 is 0 Å². The van der Waals surface area contributed by atoms with Crippen molar-refractivity contribution < 1.29 is 9.90 Å². The van der Waals surface area contributed by atoms with E-state index in [-0.39, 0.29) is 17.5 Å². The molecule has 0 saturated heterocycles. The molecule has 0 aliphatic heterocycles. The van der Waals surface area contributed by atoms with Gasteiger partial charge in [-0.1, -0.05) is 22.9 Å². The Morgan fingerprint density at radius 1 is 1.54 bits per heavy atom. The zero-order valence-corrected chi connectivity index (χ0v) is 8.76. The summed E-state index contributed by atoms with van der Waals surface area (Å²) in [5.74, 6) is 0.359. The van der Waals surface area contributed by atoms with Gasteiger partial charge in [-0.15, -0.1) is 0 Å². The van der Waals surface area contributed by atoms with E-state index in [0.29, 0.717) is 12.0 Å². The molecule has 2 rings (SSSR count). The van der Waals surface area contributed by atoms with Crippen LogP contribution in [-0.4, -0.2) is 10.9 Å². The molecule has 0 spiro atoms. The highest BCUT2D eigenvalue weighted by Gasteiger charge is 2.30. The largest absolute Gasteiger partial charge is 0.507 e. The van der Waals surface area contributed by atoms with Crippen LogP contribution in [0.2, 0.25) is 0 Å². The number of ketones is 1. The van der Waals surface area contributed by atoms with Gasteiger partial charge in [0.25, 0.3) is 0 Å². The summed E-state index contributed by atoms with van der Waals surface area (Å²) in [5.41, 5.74) is 1.45. The lowest BCUT2D eigenvalue weighted by molar-refractivity contribution is 0.0988. The van der Waals surface area contributed by atoms with Crippen LogP contribution in [0.5, 0.6) is 5.75 Å². The van der Waals surface area contributed by atoms with Crippen LogP contribution in [0.15, 0.2) is 16.6 Å². The van der Waals surface area contributed by atoms with Gasteiger partial charge in [0.15, 0.2) is 5.78 Å². The molecule has 68 valence electrons. The molecule has 0 aromatic heterocycles. The quantitative estimate of drug-likeness (QED) is 0.758. The predicted molar refractivity (Wildman–Crippen MR) is 53.2 cm³/mol. The smallest absolute Gasteiger partial charge is 0.167 e. The maximum absolute atomic E-state index is 11.5. The van der Waals surface area contributed by atoms with Crippen LogP contribution in [0.3, 0.4) is 0 Å². The number of halogens is 1. The Balaban J connectivity index is 2.74. The highest BCUT2D eigenvalue weighted by atomic mass is 79.9. The number of aromatic hydroxyl groups is 1. The lowest BCUT2D eigenvalue weighted by Gasteiger charge is -2.06. The summed E-state index contributed by atoms with van der Waals surface area (Å²) in [6.45, 7) is 1.99. The molecule has 0 bridgehead atoms. The van der Waals surface area contributed by atoms with Gasteiger partial charge >= 0.3 is 0 Å². The molecule has 1 aromatic carbocycles. The zero-order valence-electron chi connectivity index (χ0n) is 7.17. The Morgan fingerprint density at radius 2 is 2.23 bits per heavy atom. The van der Waals surface area contributed by atoms with Crippen LogP contribution in [0.25, 0.3) is 0 Å². The number of hydrogen-bond acceptors (Lipinski definition) is 2. The minimum atomic E-state index is 0.0429. The highest BCUT2D eigenvalue weighted by Crippen LogP contribution is 2.41. The van der Waals surface area contributed by atoms with Crippen molar-refractivity contribution >= 4 is 21.7 Å². The molecule has 1 aliphatic rings. The minimum Gasteiger partial charge on any atom is -0.507 e. The number of hydrogen-bond donors (Lipinski definition) is 1. The van der Waals surface area contributed by atoms with E-state index >= 15 is 0 Å². The lowest BCUT2D eigenvalue weighted by atomic mass is 10.0. The van der Waals surface area contributed by atoms with Gasteiger partial charge in [0.2, 0.25) is 0 Å². The highest BCUT2D eigenvalue weighted by molar-refractivity contribution is 9.10. The number of carbonyl (C=O) groups is 1. The molecule has 3 heteroatoms. The Bertz CT molecular complexity index is 385. The fourth-order valence-corrected chi connectivity index (χ4v) is 2.56. The van der Waals surface area contributed by atoms with Gasteiger partial charge in [-0.3, -0.25) is 4.79 Å². The second-order valence-corrected chi connectivity index (χ2v) is 4.24. The van der Waals surface area contributed by atoms with Gasteiger partial charge < -0.3 is 5.11 Å². The summed E-state index contributed by atoms with van der Waals surface area (Å²) >= 11 is 3.39. The van der Waals surface area contributed by atoms with Crippen molar-refractivity contribution in [2.24, 2.45) is 0 Å². The molecule has 1 aliphatic carbocycles. The Morgan fingerprint density at radius 3 is 2.85 bits per heavy atom. The molecule has 0 saturated carbocycles. The summed E-state index contributed by atoms with van der Waals surface area (Å²) in [6.07, 6.45) is 0.505. The van der Waals surface area contributed by atoms with Crippen molar-refractivity contribution in [2.45, 2.75) is 19.3 Å². The second kappa shape index (κ2) is 2.84. The predicted octanol–water partition coefficient (Wildman–Crippen LogP) is 2.84. The number of rotatable bonds is 0. The van der Waals surface area contributed by atoms with E-state index in [1.165, 1.54) is 0 Å². The first-order chi connectivity index (χ1) is 6.11. The number of Topliss-reactive ketones (excluding diaryl/α,β-unsaturated/α-hetero) is 1. The first-order valence-electron chi connectivity index (χ1n) is 4.16. The number of phenols is 1. The summed E-state index contributed by atoms with van der Waals surface area (Å²) in [7, 11) is 0. The van der Waals surface area contributed by atoms with E-state index in [2.05, 4.69) is 15.9 Å². The molecule has 1 N–H and O–H groups in total. The summed E-state index contributed by atoms with van der Waals surface area (Å²) in [4.78, 5) is 11.5. The van der Waals surface area contributed by atoms with Gasteiger partial charge in [0, 0.05) is 10.9 Å². The number of carbonyl (C=O) groups excluding carboxylic acids is 1. The van der Waals surface area contributed by atoms with Gasteiger partial charge in [0.1, 0.15) is 5.75 Å².